The van der Waals surface area contributed by atoms with E-state index in [1.54, 1.807) is 12.1 Å². The van der Waals surface area contributed by atoms with Crippen LogP contribution >= 0.6 is 0 Å². The lowest BCUT2D eigenvalue weighted by atomic mass is 10.0. The van der Waals surface area contributed by atoms with Gasteiger partial charge in [0.1, 0.15) is 5.82 Å². The molecule has 0 amide bonds. The van der Waals surface area contributed by atoms with Gasteiger partial charge in [-0.2, -0.15) is 0 Å². The van der Waals surface area contributed by atoms with Crippen molar-refractivity contribution in [1.82, 2.24) is 19.3 Å². The van der Waals surface area contributed by atoms with Crippen LogP contribution in [0, 0.1) is 5.82 Å². The van der Waals surface area contributed by atoms with E-state index in [4.69, 9.17) is 0 Å². The molecule has 3 heterocycles. The van der Waals surface area contributed by atoms with Gasteiger partial charge in [-0.3, -0.25) is 4.40 Å². The van der Waals surface area contributed by atoms with Gasteiger partial charge in [0.15, 0.2) is 0 Å². The third-order valence-corrected chi connectivity index (χ3v) is 4.55. The summed E-state index contributed by atoms with van der Waals surface area (Å²) in [7, 11) is 3.93. The molecule has 1 aromatic carbocycles. The molecule has 128 valence electrons. The Kier molecular flexibility index (Phi) is 3.97. The Morgan fingerprint density at radius 1 is 1.24 bits per heavy atom. The van der Waals surface area contributed by atoms with Crippen molar-refractivity contribution in [3.8, 4) is 11.3 Å². The highest BCUT2D eigenvalue weighted by atomic mass is 19.1. The Balaban J connectivity index is 1.75. The molecule has 0 bridgehead atoms. The molecule has 25 heavy (non-hydrogen) atoms. The summed E-state index contributed by atoms with van der Waals surface area (Å²) in [5, 5.41) is 3.03. The van der Waals surface area contributed by atoms with E-state index in [2.05, 4.69) is 33.3 Å². The number of nitrogens with one attached hydrogen (secondary N) is 1. The van der Waals surface area contributed by atoms with Crippen molar-refractivity contribution < 1.29 is 4.39 Å². The third kappa shape index (κ3) is 3.00. The summed E-state index contributed by atoms with van der Waals surface area (Å²) in [6.07, 6.45) is 9.00. The van der Waals surface area contributed by atoms with Crippen molar-refractivity contribution in [2.75, 3.05) is 32.5 Å². The summed E-state index contributed by atoms with van der Waals surface area (Å²) in [6, 6.07) is 4.92. The largest absolute Gasteiger partial charge is 0.388 e. The molecule has 0 spiro atoms. The number of hydrogen-bond acceptors (Lipinski definition) is 4. The molecule has 6 heteroatoms. The molecule has 0 saturated heterocycles. The minimum atomic E-state index is -0.292. The van der Waals surface area contributed by atoms with Gasteiger partial charge >= 0.3 is 0 Å². The lowest BCUT2D eigenvalue weighted by Crippen LogP contribution is -2.25. The molecule has 0 fully saturated rings. The highest BCUT2D eigenvalue weighted by molar-refractivity contribution is 5.69. The lowest BCUT2D eigenvalue weighted by Gasteiger charge is -2.22. The molecule has 1 aliphatic rings. The van der Waals surface area contributed by atoms with Gasteiger partial charge in [-0.25, -0.2) is 14.4 Å². The predicted octanol–water partition coefficient (Wildman–Crippen LogP) is 3.30. The van der Waals surface area contributed by atoms with Gasteiger partial charge in [-0.1, -0.05) is 6.08 Å². The van der Waals surface area contributed by atoms with Gasteiger partial charge in [0.25, 0.3) is 0 Å². The maximum atomic E-state index is 14.2. The molecule has 0 saturated carbocycles. The molecular weight excluding hydrogens is 317 g/mol. The van der Waals surface area contributed by atoms with Crippen LogP contribution < -0.4 is 5.32 Å². The highest BCUT2D eigenvalue weighted by Gasteiger charge is 2.14. The Morgan fingerprint density at radius 2 is 2.12 bits per heavy atom. The predicted molar refractivity (Wildman–Crippen MR) is 98.0 cm³/mol. The number of likely N-dealkylation sites (N-methyl/N-ethyl adjacent to an activating group) is 1. The number of imidazole rings is 1. The number of hydrogen-bond donors (Lipinski definition) is 1. The molecule has 0 unspecified atom stereocenters. The summed E-state index contributed by atoms with van der Waals surface area (Å²) in [5.74, 6) is 0.275. The average molecular weight is 337 g/mol. The molecule has 2 aromatic heterocycles. The van der Waals surface area contributed by atoms with Crippen LogP contribution in [0.5, 0.6) is 0 Å². The summed E-state index contributed by atoms with van der Waals surface area (Å²) >= 11 is 0. The van der Waals surface area contributed by atoms with E-state index in [1.807, 2.05) is 30.0 Å². The number of aromatic nitrogens is 3. The smallest absolute Gasteiger partial charge is 0.234 e. The van der Waals surface area contributed by atoms with Crippen LogP contribution in [-0.2, 0) is 0 Å². The first-order valence-corrected chi connectivity index (χ1v) is 8.34. The Hall–Kier alpha value is -2.73. The fraction of sp³-hybridized carbons (Fsp3) is 0.263. The van der Waals surface area contributed by atoms with E-state index < -0.39 is 0 Å². The third-order valence-electron chi connectivity index (χ3n) is 4.55. The normalized spacial score (nSPS) is 15.4. The molecular formula is C19H20FN5. The first-order valence-electron chi connectivity index (χ1n) is 8.34. The number of fused-ring (bicyclic) bond motifs is 1. The Morgan fingerprint density at radius 3 is 2.92 bits per heavy atom. The van der Waals surface area contributed by atoms with Crippen LogP contribution in [0.1, 0.15) is 12.0 Å². The van der Waals surface area contributed by atoms with Gasteiger partial charge in [-0.15, -0.1) is 0 Å². The molecule has 1 aliphatic heterocycles. The average Bonchev–Trinajstić information content (AvgIpc) is 3.05. The summed E-state index contributed by atoms with van der Waals surface area (Å²) < 4.78 is 16.1. The minimum Gasteiger partial charge on any atom is -0.388 e. The van der Waals surface area contributed by atoms with Crippen LogP contribution in [0.15, 0.2) is 42.9 Å². The number of anilines is 1. The molecule has 5 nitrogen and oxygen atoms in total. The van der Waals surface area contributed by atoms with E-state index >= 15 is 0 Å². The van der Waals surface area contributed by atoms with Gasteiger partial charge < -0.3 is 10.2 Å². The number of rotatable bonds is 3. The monoisotopic (exact) mass is 337 g/mol. The van der Waals surface area contributed by atoms with E-state index in [0.29, 0.717) is 17.0 Å². The fourth-order valence-electron chi connectivity index (χ4n) is 3.16. The molecule has 0 atom stereocenters. The van der Waals surface area contributed by atoms with Crippen LogP contribution in [-0.4, -0.2) is 46.5 Å². The SMILES string of the molecule is CNc1ccc(F)c(-c2cn3cc(C4=CCCN(C)C4)cnc3n2)c1. The van der Waals surface area contributed by atoms with Crippen LogP contribution in [0.2, 0.25) is 0 Å². The van der Waals surface area contributed by atoms with Crippen LogP contribution in [0.3, 0.4) is 0 Å². The first-order chi connectivity index (χ1) is 12.1. The van der Waals surface area contributed by atoms with Crippen molar-refractivity contribution in [1.29, 1.82) is 0 Å². The lowest BCUT2D eigenvalue weighted by molar-refractivity contribution is 0.373. The second-order valence-corrected chi connectivity index (χ2v) is 6.38. The quantitative estimate of drug-likeness (QED) is 0.796. The number of benzene rings is 1. The van der Waals surface area contributed by atoms with E-state index in [0.717, 1.165) is 30.8 Å². The maximum Gasteiger partial charge on any atom is 0.234 e. The fourth-order valence-corrected chi connectivity index (χ4v) is 3.16. The van der Waals surface area contributed by atoms with E-state index in [-0.39, 0.29) is 5.82 Å². The summed E-state index contributed by atoms with van der Waals surface area (Å²) in [5.41, 5.74) is 4.23. The molecule has 0 radical (unpaired) electrons. The van der Waals surface area contributed by atoms with E-state index in [9.17, 15) is 4.39 Å². The van der Waals surface area contributed by atoms with Crippen LogP contribution in [0.4, 0.5) is 10.1 Å². The minimum absolute atomic E-state index is 0.292. The van der Waals surface area contributed by atoms with Gasteiger partial charge in [0.2, 0.25) is 5.78 Å². The zero-order valence-electron chi connectivity index (χ0n) is 14.3. The van der Waals surface area contributed by atoms with Gasteiger partial charge in [0.05, 0.1) is 5.69 Å². The maximum absolute atomic E-state index is 14.2. The molecule has 1 N–H and O–H groups in total. The molecule has 3 aromatic rings. The van der Waals surface area contributed by atoms with Crippen molar-refractivity contribution in [3.05, 3.63) is 54.2 Å². The second kappa shape index (κ2) is 6.29. The second-order valence-electron chi connectivity index (χ2n) is 6.38. The summed E-state index contributed by atoms with van der Waals surface area (Å²) in [4.78, 5) is 11.2. The van der Waals surface area contributed by atoms with Crippen molar-refractivity contribution in [2.45, 2.75) is 6.42 Å². The van der Waals surface area contributed by atoms with Crippen molar-refractivity contribution in [2.24, 2.45) is 0 Å². The standard InChI is InChI=1S/C19H20FN5/c1-21-15-5-6-17(20)16(8-15)18-12-25-11-14(9-22-19(25)23-18)13-4-3-7-24(2)10-13/h4-6,8-9,11-12,21H,3,7,10H2,1-2H3. The molecule has 0 aliphatic carbocycles. The number of nitrogens with zero attached hydrogens (tertiary/aromatic N) is 4. The highest BCUT2D eigenvalue weighted by Crippen LogP contribution is 2.26. The Bertz CT molecular complexity index is 960. The summed E-state index contributed by atoms with van der Waals surface area (Å²) in [6.45, 7) is 1.99. The Labute approximate surface area is 145 Å². The zero-order valence-corrected chi connectivity index (χ0v) is 14.3. The molecule has 4 rings (SSSR count). The number of halogens is 1. The first kappa shape index (κ1) is 15.8. The topological polar surface area (TPSA) is 45.5 Å². The van der Waals surface area contributed by atoms with Gasteiger partial charge in [-0.05, 0) is 37.2 Å². The van der Waals surface area contributed by atoms with Crippen molar-refractivity contribution >= 4 is 17.0 Å². The van der Waals surface area contributed by atoms with E-state index in [1.165, 1.54) is 11.6 Å². The van der Waals surface area contributed by atoms with Gasteiger partial charge in [0, 0.05) is 55.5 Å². The van der Waals surface area contributed by atoms with Crippen molar-refractivity contribution in [3.63, 3.8) is 0 Å². The van der Waals surface area contributed by atoms with Crippen LogP contribution in [0.25, 0.3) is 22.6 Å². The zero-order chi connectivity index (χ0) is 17.4.